The molecule has 6 aromatic rings. The second kappa shape index (κ2) is 17.1. The molecular weight excluding hydrogens is 779 g/mol. The molecule has 2 atom stereocenters. The molecular formula is C37H41N9O7S3. The van der Waals surface area contributed by atoms with Crippen molar-refractivity contribution >= 4 is 88.0 Å². The lowest BCUT2D eigenvalue weighted by atomic mass is 10.1. The highest BCUT2D eigenvalue weighted by molar-refractivity contribution is 7.88. The number of fused-ring (bicyclic) bond motifs is 2. The van der Waals surface area contributed by atoms with Crippen molar-refractivity contribution in [1.29, 1.82) is 0 Å². The first-order valence-electron chi connectivity index (χ1n) is 17.1. The van der Waals surface area contributed by atoms with E-state index in [1.54, 1.807) is 59.1 Å². The van der Waals surface area contributed by atoms with Gasteiger partial charge in [-0.2, -0.15) is 4.31 Å². The molecule has 2 saturated heterocycles. The molecule has 2 fully saturated rings. The Morgan fingerprint density at radius 1 is 0.839 bits per heavy atom. The number of primary amides is 2. The average molecular weight is 820 g/mol. The van der Waals surface area contributed by atoms with Gasteiger partial charge >= 0.3 is 0 Å². The van der Waals surface area contributed by atoms with Gasteiger partial charge in [0.25, 0.3) is 0 Å². The number of benzene rings is 2. The maximum Gasteiger partial charge on any atom is 0.248 e. The van der Waals surface area contributed by atoms with Gasteiger partial charge in [-0.3, -0.25) is 9.59 Å². The summed E-state index contributed by atoms with van der Waals surface area (Å²) in [6, 6.07) is 13.9. The molecule has 2 aliphatic rings. The first-order chi connectivity index (χ1) is 26.4. The van der Waals surface area contributed by atoms with Gasteiger partial charge in [-0.05, 0) is 67.3 Å². The number of thiophene rings is 2. The van der Waals surface area contributed by atoms with Gasteiger partial charge in [0.1, 0.15) is 36.4 Å². The zero-order valence-corrected chi connectivity index (χ0v) is 32.2. The highest BCUT2D eigenvalue weighted by atomic mass is 32.2. The summed E-state index contributed by atoms with van der Waals surface area (Å²) in [5.74, 6) is 1.20. The van der Waals surface area contributed by atoms with Gasteiger partial charge in [-0.15, -0.1) is 22.7 Å². The van der Waals surface area contributed by atoms with Gasteiger partial charge < -0.3 is 36.3 Å². The molecule has 2 amide bonds. The average Bonchev–Trinajstić information content (AvgIpc) is 3.98. The van der Waals surface area contributed by atoms with Crippen molar-refractivity contribution in [2.75, 3.05) is 43.2 Å². The minimum Gasteiger partial charge on any atom is -0.487 e. The minimum absolute atomic E-state index is 0. The van der Waals surface area contributed by atoms with Crippen molar-refractivity contribution in [2.24, 2.45) is 11.5 Å². The van der Waals surface area contributed by atoms with Crippen LogP contribution in [-0.4, -0.2) is 89.2 Å². The van der Waals surface area contributed by atoms with E-state index in [1.165, 1.54) is 23.2 Å². The van der Waals surface area contributed by atoms with Crippen LogP contribution in [0.5, 0.6) is 11.5 Å². The third kappa shape index (κ3) is 9.31. The number of nitrogens with one attached hydrogen (secondary N) is 2. The Kier molecular flexibility index (Phi) is 12.3. The van der Waals surface area contributed by atoms with Crippen LogP contribution in [0.3, 0.4) is 0 Å². The SMILES string of the molecule is C.Cc1cc2ncnc(Nc3ccc(C(N)=O)cc3OC3CCN(S(C)(=O)=O)C3)c2s1.NC(=O)c1ccc(Nc2ncnc3ccsc23)c(OC2CCOC2)c1. The largest absolute Gasteiger partial charge is 0.487 e. The first-order valence-corrected chi connectivity index (χ1v) is 20.6. The number of anilines is 4. The highest BCUT2D eigenvalue weighted by Gasteiger charge is 2.30. The monoisotopic (exact) mass is 819 g/mol. The summed E-state index contributed by atoms with van der Waals surface area (Å²) in [7, 11) is -3.28. The number of hydrogen-bond donors (Lipinski definition) is 4. The Morgan fingerprint density at radius 3 is 2.02 bits per heavy atom. The second-order valence-electron chi connectivity index (χ2n) is 12.8. The molecule has 19 heteroatoms. The van der Waals surface area contributed by atoms with E-state index >= 15 is 0 Å². The summed E-state index contributed by atoms with van der Waals surface area (Å²) in [5, 5.41) is 8.51. The third-order valence-corrected chi connectivity index (χ3v) is 12.0. The van der Waals surface area contributed by atoms with Crippen LogP contribution in [-0.2, 0) is 14.8 Å². The Hall–Kier alpha value is -5.47. The molecule has 8 rings (SSSR count). The fraction of sp³-hybridized carbons (Fsp3) is 0.297. The predicted molar refractivity (Wildman–Crippen MR) is 218 cm³/mol. The lowest BCUT2D eigenvalue weighted by molar-refractivity contribution is 0.0991. The number of nitrogens with zero attached hydrogens (tertiary/aromatic N) is 5. The van der Waals surface area contributed by atoms with Gasteiger partial charge in [0.2, 0.25) is 21.8 Å². The normalized spacial score (nSPS) is 16.8. The van der Waals surface area contributed by atoms with Gasteiger partial charge in [0.05, 0.1) is 57.8 Å². The summed E-state index contributed by atoms with van der Waals surface area (Å²) in [5.41, 5.74) is 14.5. The van der Waals surface area contributed by atoms with Crippen molar-refractivity contribution in [1.82, 2.24) is 24.2 Å². The van der Waals surface area contributed by atoms with Crippen LogP contribution >= 0.6 is 22.7 Å². The van der Waals surface area contributed by atoms with Crippen molar-refractivity contribution in [3.63, 3.8) is 0 Å². The van der Waals surface area contributed by atoms with Gasteiger partial charge in [-0.1, -0.05) is 7.43 Å². The molecule has 6 heterocycles. The molecule has 294 valence electrons. The van der Waals surface area contributed by atoms with E-state index in [0.717, 1.165) is 31.7 Å². The quantitative estimate of drug-likeness (QED) is 0.125. The number of amides is 2. The molecule has 0 saturated carbocycles. The Morgan fingerprint density at radius 2 is 1.45 bits per heavy atom. The molecule has 2 aromatic carbocycles. The van der Waals surface area contributed by atoms with Crippen LogP contribution in [0.15, 0.2) is 66.6 Å². The van der Waals surface area contributed by atoms with E-state index in [1.807, 2.05) is 24.4 Å². The fourth-order valence-electron chi connectivity index (χ4n) is 6.01. The third-order valence-electron chi connectivity index (χ3n) is 8.77. The maximum atomic E-state index is 11.8. The van der Waals surface area contributed by atoms with E-state index < -0.39 is 21.8 Å². The Labute approximate surface area is 331 Å². The standard InChI is InChI=1S/C19H21N5O4S2.C17H16N4O3S.CH4/c1-11-7-15-17(29-11)19(22-10-21-15)23-14-4-3-12(18(20)25)8-16(14)28-13-5-6-24(9-13)30(2,26)27;18-16(22)10-1-2-12(14(7-10)24-11-3-5-23-8-11)21-17-15-13(4-6-25-15)19-9-20-17;/h3-4,7-8,10,13H,5-6,9H2,1-2H3,(H2,20,25)(H,21,22,23);1-2,4,6-7,9,11H,3,5,8H2,(H2,18,22)(H,19,20,21);1H4. The zero-order valence-electron chi connectivity index (χ0n) is 29.7. The Balaban J connectivity index is 0.000000189. The predicted octanol–water partition coefficient (Wildman–Crippen LogP) is 5.59. The number of ether oxygens (including phenoxy) is 3. The number of carbonyl (C=O) groups is 2. The summed E-state index contributed by atoms with van der Waals surface area (Å²) >= 11 is 3.13. The van der Waals surface area contributed by atoms with Gasteiger partial charge in [0.15, 0.2) is 11.6 Å². The molecule has 2 aliphatic heterocycles. The number of aromatic nitrogens is 4. The number of sulfonamides is 1. The molecule has 0 bridgehead atoms. The topological polar surface area (TPSA) is 227 Å². The molecule has 16 nitrogen and oxygen atoms in total. The lowest BCUT2D eigenvalue weighted by Crippen LogP contribution is -2.30. The van der Waals surface area contributed by atoms with E-state index in [9.17, 15) is 18.0 Å². The van der Waals surface area contributed by atoms with Crippen LogP contribution in [0, 0.1) is 6.92 Å². The number of nitrogens with two attached hydrogens (primary N) is 2. The van der Waals surface area contributed by atoms with Crippen molar-refractivity contribution in [3.8, 4) is 11.5 Å². The van der Waals surface area contributed by atoms with Crippen LogP contribution in [0.4, 0.5) is 23.0 Å². The number of aryl methyl sites for hydroxylation is 1. The molecule has 4 aromatic heterocycles. The zero-order chi connectivity index (χ0) is 38.7. The van der Waals surface area contributed by atoms with Gasteiger partial charge in [0, 0.05) is 29.0 Å². The smallest absolute Gasteiger partial charge is 0.248 e. The molecule has 6 N–H and O–H groups in total. The van der Waals surface area contributed by atoms with Crippen LogP contribution in [0.25, 0.3) is 20.4 Å². The van der Waals surface area contributed by atoms with Crippen LogP contribution in [0.2, 0.25) is 0 Å². The summed E-state index contributed by atoms with van der Waals surface area (Å²) in [4.78, 5) is 41.5. The summed E-state index contributed by atoms with van der Waals surface area (Å²) in [6.07, 6.45) is 5.15. The lowest BCUT2D eigenvalue weighted by Gasteiger charge is -2.19. The fourth-order valence-corrected chi connectivity index (χ4v) is 8.58. The minimum atomic E-state index is -3.28. The number of carbonyl (C=O) groups excluding carboxylic acids is 2. The van der Waals surface area contributed by atoms with Gasteiger partial charge in [-0.25, -0.2) is 28.4 Å². The van der Waals surface area contributed by atoms with Crippen molar-refractivity contribution < 1.29 is 32.2 Å². The molecule has 2 unspecified atom stereocenters. The second-order valence-corrected chi connectivity index (χ2v) is 17.0. The molecule has 56 heavy (non-hydrogen) atoms. The summed E-state index contributed by atoms with van der Waals surface area (Å²) in [6.45, 7) is 3.84. The highest BCUT2D eigenvalue weighted by Crippen LogP contribution is 2.36. The molecule has 0 radical (unpaired) electrons. The van der Waals surface area contributed by atoms with Crippen LogP contribution < -0.4 is 31.6 Å². The van der Waals surface area contributed by atoms with E-state index in [2.05, 4.69) is 30.6 Å². The molecule has 0 spiro atoms. The first kappa shape index (κ1) is 40.2. The Bertz CT molecular complexity index is 2490. The van der Waals surface area contributed by atoms with E-state index in [4.69, 9.17) is 25.7 Å². The van der Waals surface area contributed by atoms with E-state index in [-0.39, 0.29) is 26.2 Å². The number of hydrogen-bond acceptors (Lipinski definition) is 15. The summed E-state index contributed by atoms with van der Waals surface area (Å²) < 4.78 is 44.3. The number of rotatable bonds is 11. The van der Waals surface area contributed by atoms with Crippen molar-refractivity contribution in [3.05, 3.63) is 82.6 Å². The van der Waals surface area contributed by atoms with Crippen LogP contribution in [0.1, 0.15) is 45.9 Å². The molecule has 0 aliphatic carbocycles. The maximum absolute atomic E-state index is 11.8. The van der Waals surface area contributed by atoms with Crippen molar-refractivity contribution in [2.45, 2.75) is 39.4 Å². The van der Waals surface area contributed by atoms with E-state index in [0.29, 0.717) is 71.8 Å².